The molecule has 0 aliphatic carbocycles. The number of benzene rings is 2. The van der Waals surface area contributed by atoms with Crippen molar-refractivity contribution in [2.75, 3.05) is 12.4 Å². The van der Waals surface area contributed by atoms with E-state index < -0.39 is 0 Å². The van der Waals surface area contributed by atoms with Gasteiger partial charge in [0.2, 0.25) is 5.91 Å². The molecule has 3 aromatic rings. The lowest BCUT2D eigenvalue weighted by molar-refractivity contribution is -0.116. The molecule has 0 aliphatic rings. The average molecular weight is 366 g/mol. The number of nitrogens with zero attached hydrogens (tertiary/aromatic N) is 1. The smallest absolute Gasteiger partial charge is 0.238 e. The van der Waals surface area contributed by atoms with E-state index in [0.29, 0.717) is 0 Å². The number of nitrogens with one attached hydrogen (secondary N) is 1. The molecule has 2 aromatic carbocycles. The SMILES string of the molecule is COc1ccc(NC(=O)C(Sc2ccnc3ccccc23)C(C)C)cc1. The van der Waals surface area contributed by atoms with Crippen molar-refractivity contribution in [1.29, 1.82) is 0 Å². The Labute approximate surface area is 158 Å². The Morgan fingerprint density at radius 3 is 2.50 bits per heavy atom. The van der Waals surface area contributed by atoms with Gasteiger partial charge in [-0.2, -0.15) is 0 Å². The zero-order valence-corrected chi connectivity index (χ0v) is 15.9. The topological polar surface area (TPSA) is 51.2 Å². The molecule has 0 spiro atoms. The van der Waals surface area contributed by atoms with Crippen molar-refractivity contribution in [2.45, 2.75) is 24.0 Å². The van der Waals surface area contributed by atoms with Gasteiger partial charge in [-0.3, -0.25) is 9.78 Å². The molecule has 134 valence electrons. The van der Waals surface area contributed by atoms with Crippen LogP contribution in [0.5, 0.6) is 5.75 Å². The van der Waals surface area contributed by atoms with Crippen molar-refractivity contribution in [3.8, 4) is 5.75 Å². The van der Waals surface area contributed by atoms with E-state index in [4.69, 9.17) is 4.74 Å². The average Bonchev–Trinajstić information content (AvgIpc) is 2.66. The first-order valence-corrected chi connectivity index (χ1v) is 9.42. The molecule has 1 atom stereocenters. The van der Waals surface area contributed by atoms with Crippen molar-refractivity contribution < 1.29 is 9.53 Å². The summed E-state index contributed by atoms with van der Waals surface area (Å²) in [4.78, 5) is 18.3. The number of thioether (sulfide) groups is 1. The van der Waals surface area contributed by atoms with Crippen molar-refractivity contribution in [2.24, 2.45) is 5.92 Å². The summed E-state index contributed by atoms with van der Waals surface area (Å²) in [5.41, 5.74) is 1.71. The van der Waals surface area contributed by atoms with Crippen molar-refractivity contribution >= 4 is 34.3 Å². The maximum atomic E-state index is 12.9. The van der Waals surface area contributed by atoms with E-state index in [1.54, 1.807) is 25.1 Å². The highest BCUT2D eigenvalue weighted by atomic mass is 32.2. The number of aromatic nitrogens is 1. The van der Waals surface area contributed by atoms with E-state index in [0.717, 1.165) is 27.2 Å². The van der Waals surface area contributed by atoms with Gasteiger partial charge >= 0.3 is 0 Å². The Kier molecular flexibility index (Phi) is 5.78. The number of carbonyl (C=O) groups is 1. The zero-order valence-electron chi connectivity index (χ0n) is 15.1. The minimum absolute atomic E-state index is 0.00365. The number of fused-ring (bicyclic) bond motifs is 1. The molecule has 1 heterocycles. The van der Waals surface area contributed by atoms with Crippen LogP contribution in [-0.2, 0) is 4.79 Å². The van der Waals surface area contributed by atoms with E-state index >= 15 is 0 Å². The summed E-state index contributed by atoms with van der Waals surface area (Å²) in [5.74, 6) is 0.947. The first-order chi connectivity index (χ1) is 12.6. The zero-order chi connectivity index (χ0) is 18.5. The summed E-state index contributed by atoms with van der Waals surface area (Å²) in [5, 5.41) is 3.88. The number of para-hydroxylation sites is 1. The van der Waals surface area contributed by atoms with Gasteiger partial charge < -0.3 is 10.1 Å². The van der Waals surface area contributed by atoms with Gasteiger partial charge in [0, 0.05) is 22.2 Å². The molecular formula is C21H22N2O2S. The highest BCUT2D eigenvalue weighted by molar-refractivity contribution is 8.00. The predicted octanol–water partition coefficient (Wildman–Crippen LogP) is 5.00. The van der Waals surface area contributed by atoms with Crippen molar-refractivity contribution in [3.63, 3.8) is 0 Å². The third-order valence-electron chi connectivity index (χ3n) is 4.08. The second-order valence-electron chi connectivity index (χ2n) is 6.33. The van der Waals surface area contributed by atoms with Crippen LogP contribution in [0.4, 0.5) is 5.69 Å². The number of hydrogen-bond acceptors (Lipinski definition) is 4. The number of pyridine rings is 1. The second kappa shape index (κ2) is 8.23. The molecule has 26 heavy (non-hydrogen) atoms. The first-order valence-electron chi connectivity index (χ1n) is 8.54. The maximum absolute atomic E-state index is 12.9. The molecule has 1 unspecified atom stereocenters. The lowest BCUT2D eigenvalue weighted by atomic mass is 10.1. The lowest BCUT2D eigenvalue weighted by Crippen LogP contribution is -2.29. The summed E-state index contributed by atoms with van der Waals surface area (Å²) in [6.07, 6.45) is 1.80. The number of methoxy groups -OCH3 is 1. The van der Waals surface area contributed by atoms with Gasteiger partial charge in [-0.15, -0.1) is 11.8 Å². The number of amides is 1. The molecule has 0 saturated carbocycles. The quantitative estimate of drug-likeness (QED) is 0.624. The van der Waals surface area contributed by atoms with Gasteiger partial charge in [0.25, 0.3) is 0 Å². The van der Waals surface area contributed by atoms with Crippen LogP contribution in [0.1, 0.15) is 13.8 Å². The van der Waals surface area contributed by atoms with Crippen LogP contribution in [0.25, 0.3) is 10.9 Å². The number of rotatable bonds is 6. The minimum Gasteiger partial charge on any atom is -0.497 e. The van der Waals surface area contributed by atoms with Gasteiger partial charge in [0.05, 0.1) is 17.9 Å². The van der Waals surface area contributed by atoms with Gasteiger partial charge in [-0.1, -0.05) is 32.0 Å². The van der Waals surface area contributed by atoms with Gasteiger partial charge in [0.15, 0.2) is 0 Å². The highest BCUT2D eigenvalue weighted by Gasteiger charge is 2.24. The van der Waals surface area contributed by atoms with E-state index in [1.807, 2.05) is 54.6 Å². The van der Waals surface area contributed by atoms with Crippen LogP contribution in [0.2, 0.25) is 0 Å². The summed E-state index contributed by atoms with van der Waals surface area (Å²) in [6.45, 7) is 4.13. The Bertz CT molecular complexity index is 889. The number of anilines is 1. The number of ether oxygens (including phenoxy) is 1. The first kappa shape index (κ1) is 18.3. The molecule has 3 rings (SSSR count). The number of hydrogen-bond donors (Lipinski definition) is 1. The molecule has 1 N–H and O–H groups in total. The summed E-state index contributed by atoms with van der Waals surface area (Å²) < 4.78 is 5.16. The van der Waals surface area contributed by atoms with Crippen molar-refractivity contribution in [1.82, 2.24) is 4.98 Å². The van der Waals surface area contributed by atoms with Crippen LogP contribution >= 0.6 is 11.8 Å². The van der Waals surface area contributed by atoms with E-state index in [2.05, 4.69) is 24.1 Å². The minimum atomic E-state index is -0.206. The molecule has 1 aromatic heterocycles. The van der Waals surface area contributed by atoms with Crippen LogP contribution in [0.15, 0.2) is 65.7 Å². The van der Waals surface area contributed by atoms with Crippen molar-refractivity contribution in [3.05, 3.63) is 60.8 Å². The molecule has 0 fully saturated rings. The van der Waals surface area contributed by atoms with Gasteiger partial charge in [-0.05, 0) is 42.3 Å². The fourth-order valence-corrected chi connectivity index (χ4v) is 3.84. The third-order valence-corrected chi connectivity index (χ3v) is 5.71. The maximum Gasteiger partial charge on any atom is 0.238 e. The summed E-state index contributed by atoms with van der Waals surface area (Å²) >= 11 is 1.58. The Hall–Kier alpha value is -2.53. The van der Waals surface area contributed by atoms with Gasteiger partial charge in [-0.25, -0.2) is 0 Å². The van der Waals surface area contributed by atoms with E-state index in [1.165, 1.54) is 0 Å². The molecular weight excluding hydrogens is 344 g/mol. The largest absolute Gasteiger partial charge is 0.497 e. The van der Waals surface area contributed by atoms with Crippen LogP contribution in [0.3, 0.4) is 0 Å². The molecule has 4 nitrogen and oxygen atoms in total. The normalized spacial score (nSPS) is 12.2. The molecule has 0 aliphatic heterocycles. The Morgan fingerprint density at radius 1 is 1.08 bits per heavy atom. The molecule has 0 radical (unpaired) electrons. The van der Waals surface area contributed by atoms with Gasteiger partial charge in [0.1, 0.15) is 5.75 Å². The van der Waals surface area contributed by atoms with E-state index in [-0.39, 0.29) is 17.1 Å². The lowest BCUT2D eigenvalue weighted by Gasteiger charge is -2.20. The molecule has 1 amide bonds. The van der Waals surface area contributed by atoms with Crippen LogP contribution in [0, 0.1) is 5.92 Å². The van der Waals surface area contributed by atoms with Crippen LogP contribution in [-0.4, -0.2) is 23.3 Å². The monoisotopic (exact) mass is 366 g/mol. The molecule has 5 heteroatoms. The second-order valence-corrected chi connectivity index (χ2v) is 7.51. The molecule has 0 saturated heterocycles. The third kappa shape index (κ3) is 4.17. The fourth-order valence-electron chi connectivity index (χ4n) is 2.69. The Morgan fingerprint density at radius 2 is 1.81 bits per heavy atom. The molecule has 0 bridgehead atoms. The standard InChI is InChI=1S/C21H22N2O2S/c1-14(2)20(21(24)23-15-8-10-16(25-3)11-9-15)26-19-12-13-22-18-7-5-4-6-17(18)19/h4-14,20H,1-3H3,(H,23,24). The van der Waals surface area contributed by atoms with Crippen LogP contribution < -0.4 is 10.1 Å². The fraction of sp³-hybridized carbons (Fsp3) is 0.238. The highest BCUT2D eigenvalue weighted by Crippen LogP contribution is 2.33. The summed E-state index contributed by atoms with van der Waals surface area (Å²) in [6, 6.07) is 17.3. The summed E-state index contributed by atoms with van der Waals surface area (Å²) in [7, 11) is 1.62. The Balaban J connectivity index is 1.80. The van der Waals surface area contributed by atoms with E-state index in [9.17, 15) is 4.79 Å². The predicted molar refractivity (Wildman–Crippen MR) is 108 cm³/mol. The number of carbonyl (C=O) groups excluding carboxylic acids is 1.